The van der Waals surface area contributed by atoms with E-state index in [1.54, 1.807) is 0 Å². The van der Waals surface area contributed by atoms with Crippen molar-refractivity contribution >= 4 is 27.4 Å². The first-order chi connectivity index (χ1) is 8.03. The number of thiophene rings is 1. The highest BCUT2D eigenvalue weighted by molar-refractivity contribution is 7.18. The molecule has 0 aliphatic heterocycles. The summed E-state index contributed by atoms with van der Waals surface area (Å²) in [5.74, 6) is -2.50. The van der Waals surface area contributed by atoms with E-state index in [-0.39, 0.29) is 0 Å². The summed E-state index contributed by atoms with van der Waals surface area (Å²) in [7, 11) is 0. The van der Waals surface area contributed by atoms with Gasteiger partial charge >= 0.3 is 0 Å². The fraction of sp³-hybridized carbons (Fsp3) is 0.400. The number of hydrogen-bond donors (Lipinski definition) is 2. The summed E-state index contributed by atoms with van der Waals surface area (Å²) in [6.45, 7) is 0.717. The SMILES string of the molecule is Cc1csc2c(NCC(F)(F)CN)ncnc12. The highest BCUT2D eigenvalue weighted by Gasteiger charge is 2.26. The second kappa shape index (κ2) is 4.50. The summed E-state index contributed by atoms with van der Waals surface area (Å²) in [4.78, 5) is 8.08. The van der Waals surface area contributed by atoms with E-state index in [9.17, 15) is 8.78 Å². The minimum absolute atomic E-state index is 0.432. The first-order valence-electron chi connectivity index (χ1n) is 5.04. The van der Waals surface area contributed by atoms with Crippen molar-refractivity contribution in [2.45, 2.75) is 12.8 Å². The third-order valence-electron chi connectivity index (χ3n) is 2.34. The molecule has 0 aliphatic rings. The Balaban J connectivity index is 2.25. The third-order valence-corrected chi connectivity index (χ3v) is 3.44. The lowest BCUT2D eigenvalue weighted by atomic mass is 10.3. The van der Waals surface area contributed by atoms with E-state index in [4.69, 9.17) is 5.73 Å². The van der Waals surface area contributed by atoms with Gasteiger partial charge in [0.1, 0.15) is 12.1 Å². The summed E-state index contributed by atoms with van der Waals surface area (Å²) >= 11 is 1.44. The summed E-state index contributed by atoms with van der Waals surface area (Å²) in [6.07, 6.45) is 1.37. The van der Waals surface area contributed by atoms with E-state index >= 15 is 0 Å². The Morgan fingerprint density at radius 1 is 1.47 bits per heavy atom. The molecule has 0 spiro atoms. The van der Waals surface area contributed by atoms with Gasteiger partial charge in [0.15, 0.2) is 0 Å². The van der Waals surface area contributed by atoms with Gasteiger partial charge in [-0.25, -0.2) is 18.7 Å². The molecule has 0 saturated carbocycles. The molecule has 0 atom stereocenters. The van der Waals surface area contributed by atoms with Gasteiger partial charge in [0.2, 0.25) is 0 Å². The minimum Gasteiger partial charge on any atom is -0.363 e. The zero-order valence-corrected chi connectivity index (χ0v) is 10.0. The standard InChI is InChI=1S/C10H12F2N4S/c1-6-2-17-8-7(6)15-5-16-9(8)14-4-10(11,12)3-13/h2,5H,3-4,13H2,1H3,(H,14,15,16). The van der Waals surface area contributed by atoms with Gasteiger partial charge in [0, 0.05) is 0 Å². The van der Waals surface area contributed by atoms with Gasteiger partial charge in [-0.15, -0.1) is 11.3 Å². The average Bonchev–Trinajstić information content (AvgIpc) is 2.70. The molecule has 2 aromatic rings. The fourth-order valence-corrected chi connectivity index (χ4v) is 2.35. The van der Waals surface area contributed by atoms with Crippen molar-refractivity contribution in [3.8, 4) is 0 Å². The molecule has 92 valence electrons. The molecule has 0 aliphatic carbocycles. The molecule has 0 unspecified atom stereocenters. The minimum atomic E-state index is -2.93. The molecular weight excluding hydrogens is 246 g/mol. The maximum Gasteiger partial charge on any atom is 0.276 e. The van der Waals surface area contributed by atoms with E-state index < -0.39 is 19.0 Å². The van der Waals surface area contributed by atoms with E-state index in [0.29, 0.717) is 5.82 Å². The number of anilines is 1. The van der Waals surface area contributed by atoms with Crippen molar-refractivity contribution in [1.82, 2.24) is 9.97 Å². The molecule has 3 N–H and O–H groups in total. The first kappa shape index (κ1) is 12.1. The Labute approximate surface area is 101 Å². The number of nitrogens with zero attached hydrogens (tertiary/aromatic N) is 2. The number of rotatable bonds is 4. The number of aromatic nitrogens is 2. The van der Waals surface area contributed by atoms with E-state index in [2.05, 4.69) is 15.3 Å². The molecule has 0 bridgehead atoms. The predicted molar refractivity (Wildman–Crippen MR) is 64.6 cm³/mol. The third kappa shape index (κ3) is 2.50. The summed E-state index contributed by atoms with van der Waals surface area (Å²) in [5, 5.41) is 4.54. The van der Waals surface area contributed by atoms with Crippen LogP contribution in [-0.4, -0.2) is 29.0 Å². The molecule has 0 aromatic carbocycles. The van der Waals surface area contributed by atoms with Crippen molar-refractivity contribution in [3.05, 3.63) is 17.3 Å². The van der Waals surface area contributed by atoms with Gasteiger partial charge in [-0.05, 0) is 17.9 Å². The number of halogens is 2. The zero-order valence-electron chi connectivity index (χ0n) is 9.20. The summed E-state index contributed by atoms with van der Waals surface area (Å²) in [5.41, 5.74) is 6.78. The largest absolute Gasteiger partial charge is 0.363 e. The number of aryl methyl sites for hydroxylation is 1. The Hall–Kier alpha value is -1.34. The molecule has 2 aromatic heterocycles. The van der Waals surface area contributed by atoms with Crippen LogP contribution in [0.25, 0.3) is 10.2 Å². The van der Waals surface area contributed by atoms with Crippen molar-refractivity contribution in [3.63, 3.8) is 0 Å². The molecule has 0 saturated heterocycles. The van der Waals surface area contributed by atoms with Crippen LogP contribution in [0.15, 0.2) is 11.7 Å². The van der Waals surface area contributed by atoms with Crippen molar-refractivity contribution in [1.29, 1.82) is 0 Å². The van der Waals surface area contributed by atoms with E-state index in [1.807, 2.05) is 12.3 Å². The Morgan fingerprint density at radius 2 is 2.24 bits per heavy atom. The van der Waals surface area contributed by atoms with E-state index in [1.165, 1.54) is 17.7 Å². The Bertz CT molecular complexity index is 526. The smallest absolute Gasteiger partial charge is 0.276 e. The maximum atomic E-state index is 13.0. The molecule has 0 amide bonds. The fourth-order valence-electron chi connectivity index (χ4n) is 1.38. The van der Waals surface area contributed by atoms with Gasteiger partial charge < -0.3 is 11.1 Å². The van der Waals surface area contributed by atoms with E-state index in [0.717, 1.165) is 15.8 Å². The molecule has 4 nitrogen and oxygen atoms in total. The molecular formula is C10H12F2N4S. The van der Waals surface area contributed by atoms with Crippen LogP contribution < -0.4 is 11.1 Å². The summed E-state index contributed by atoms with van der Waals surface area (Å²) < 4.78 is 26.8. The van der Waals surface area contributed by atoms with Gasteiger partial charge in [-0.1, -0.05) is 0 Å². The topological polar surface area (TPSA) is 63.8 Å². The molecule has 7 heteroatoms. The van der Waals surface area contributed by atoms with Crippen LogP contribution in [0.1, 0.15) is 5.56 Å². The predicted octanol–water partition coefficient (Wildman–Crippen LogP) is 2.01. The maximum absolute atomic E-state index is 13.0. The van der Waals surface area contributed by atoms with Crippen molar-refractivity contribution in [2.24, 2.45) is 5.73 Å². The molecule has 0 fully saturated rings. The lowest BCUT2D eigenvalue weighted by molar-refractivity contribution is 0.0253. The molecule has 0 radical (unpaired) electrons. The number of nitrogens with one attached hydrogen (secondary N) is 1. The van der Waals surface area contributed by atoms with Crippen LogP contribution in [0.3, 0.4) is 0 Å². The summed E-state index contributed by atoms with van der Waals surface area (Å²) in [6, 6.07) is 0. The molecule has 17 heavy (non-hydrogen) atoms. The van der Waals surface area contributed by atoms with Crippen LogP contribution in [-0.2, 0) is 0 Å². The van der Waals surface area contributed by atoms with Crippen molar-refractivity contribution < 1.29 is 8.78 Å². The normalized spacial score (nSPS) is 12.0. The van der Waals surface area contributed by atoms with Gasteiger partial charge in [-0.3, -0.25) is 0 Å². The lowest BCUT2D eigenvalue weighted by Crippen LogP contribution is -2.35. The van der Waals surface area contributed by atoms with Gasteiger partial charge in [-0.2, -0.15) is 0 Å². The van der Waals surface area contributed by atoms with Crippen molar-refractivity contribution in [2.75, 3.05) is 18.4 Å². The van der Waals surface area contributed by atoms with Crippen LogP contribution in [0.2, 0.25) is 0 Å². The average molecular weight is 258 g/mol. The number of alkyl halides is 2. The number of fused-ring (bicyclic) bond motifs is 1. The van der Waals surface area contributed by atoms with Crippen LogP contribution in [0.5, 0.6) is 0 Å². The number of nitrogens with two attached hydrogens (primary N) is 1. The second-order valence-electron chi connectivity index (χ2n) is 3.73. The molecule has 2 rings (SSSR count). The highest BCUT2D eigenvalue weighted by atomic mass is 32.1. The zero-order chi connectivity index (χ0) is 12.5. The quantitative estimate of drug-likeness (QED) is 0.880. The first-order valence-corrected chi connectivity index (χ1v) is 5.92. The number of hydrogen-bond acceptors (Lipinski definition) is 5. The lowest BCUT2D eigenvalue weighted by Gasteiger charge is -2.14. The van der Waals surface area contributed by atoms with Crippen LogP contribution >= 0.6 is 11.3 Å². The monoisotopic (exact) mass is 258 g/mol. The Kier molecular flexibility index (Phi) is 3.21. The van der Waals surface area contributed by atoms with Gasteiger partial charge in [0.05, 0.1) is 23.3 Å². The molecule has 2 heterocycles. The van der Waals surface area contributed by atoms with Crippen LogP contribution in [0, 0.1) is 6.92 Å². The highest BCUT2D eigenvalue weighted by Crippen LogP contribution is 2.28. The second-order valence-corrected chi connectivity index (χ2v) is 4.61. The van der Waals surface area contributed by atoms with Gasteiger partial charge in [0.25, 0.3) is 5.92 Å². The van der Waals surface area contributed by atoms with Crippen LogP contribution in [0.4, 0.5) is 14.6 Å². The Morgan fingerprint density at radius 3 is 2.94 bits per heavy atom.